The molecule has 7 aromatic carbocycles. The van der Waals surface area contributed by atoms with Gasteiger partial charge < -0.3 is 18.9 Å². The minimum Gasteiger partial charge on any atom is -0.481 e. The number of ether oxygens (including phenoxy) is 4. The average molecular weight is 621 g/mol. The van der Waals surface area contributed by atoms with Crippen LogP contribution in [0.15, 0.2) is 127 Å². The molecule has 0 amide bonds. The number of esters is 2. The van der Waals surface area contributed by atoms with Crippen LogP contribution >= 0.6 is 0 Å². The molecule has 0 heterocycles. The first-order valence-corrected chi connectivity index (χ1v) is 15.7. The minimum absolute atomic E-state index is 0.294. The zero-order valence-corrected chi connectivity index (χ0v) is 25.9. The molecule has 0 radical (unpaired) electrons. The van der Waals surface area contributed by atoms with Crippen LogP contribution in [0.5, 0.6) is 23.0 Å². The number of fused-ring (bicyclic) bond motifs is 4. The van der Waals surface area contributed by atoms with Crippen molar-refractivity contribution < 1.29 is 28.5 Å². The topological polar surface area (TPSA) is 71.1 Å². The molecule has 0 aliphatic heterocycles. The van der Waals surface area contributed by atoms with Gasteiger partial charge in [0, 0.05) is 32.3 Å². The van der Waals surface area contributed by atoms with Crippen molar-refractivity contribution in [1.29, 1.82) is 0 Å². The van der Waals surface area contributed by atoms with Crippen LogP contribution in [0.1, 0.15) is 18.9 Å². The van der Waals surface area contributed by atoms with Crippen molar-refractivity contribution in [2.24, 2.45) is 0 Å². The Balaban J connectivity index is 1.19. The van der Waals surface area contributed by atoms with Gasteiger partial charge in [0.15, 0.2) is 13.2 Å². The number of rotatable bonds is 10. The van der Waals surface area contributed by atoms with Gasteiger partial charge in [0.05, 0.1) is 0 Å². The summed E-state index contributed by atoms with van der Waals surface area (Å²) < 4.78 is 24.1. The molecule has 232 valence electrons. The van der Waals surface area contributed by atoms with E-state index in [1.807, 2.05) is 103 Å². The lowest BCUT2D eigenvalue weighted by Gasteiger charge is -2.18. The Kier molecular flexibility index (Phi) is 8.39. The first kappa shape index (κ1) is 29.8. The van der Waals surface area contributed by atoms with E-state index in [2.05, 4.69) is 19.1 Å². The smallest absolute Gasteiger partial charge is 0.349 e. The molecule has 6 heteroatoms. The molecule has 0 spiro atoms. The molecule has 7 aromatic rings. The third-order valence-corrected chi connectivity index (χ3v) is 8.14. The number of hydrogen-bond acceptors (Lipinski definition) is 6. The van der Waals surface area contributed by atoms with E-state index < -0.39 is 11.9 Å². The summed E-state index contributed by atoms with van der Waals surface area (Å²) in [4.78, 5) is 26.2. The fraction of sp³-hybridized carbons (Fsp3) is 0.122. The van der Waals surface area contributed by atoms with Crippen LogP contribution in [0.4, 0.5) is 0 Å². The van der Waals surface area contributed by atoms with Crippen LogP contribution in [0.25, 0.3) is 43.1 Å². The van der Waals surface area contributed by atoms with Gasteiger partial charge in [-0.15, -0.1) is 0 Å². The van der Waals surface area contributed by atoms with Crippen LogP contribution in [0.2, 0.25) is 0 Å². The van der Waals surface area contributed by atoms with Gasteiger partial charge in [-0.25, -0.2) is 9.59 Å². The lowest BCUT2D eigenvalue weighted by Crippen LogP contribution is -2.19. The number of benzene rings is 7. The Bertz CT molecular complexity index is 2260. The third kappa shape index (κ3) is 6.18. The fourth-order valence-electron chi connectivity index (χ4n) is 6.04. The first-order valence-electron chi connectivity index (χ1n) is 15.7. The Labute approximate surface area is 272 Å². The van der Waals surface area contributed by atoms with Gasteiger partial charge in [-0.2, -0.15) is 0 Å². The second-order valence-corrected chi connectivity index (χ2v) is 11.3. The highest BCUT2D eigenvalue weighted by Gasteiger charge is 2.20. The fourth-order valence-corrected chi connectivity index (χ4v) is 6.04. The van der Waals surface area contributed by atoms with E-state index in [1.54, 1.807) is 12.1 Å². The highest BCUT2D eigenvalue weighted by Crippen LogP contribution is 2.43. The van der Waals surface area contributed by atoms with Gasteiger partial charge >= 0.3 is 11.9 Å². The van der Waals surface area contributed by atoms with E-state index in [-0.39, 0.29) is 13.2 Å². The van der Waals surface area contributed by atoms with E-state index in [0.29, 0.717) is 23.0 Å². The lowest BCUT2D eigenvalue weighted by molar-refractivity contribution is -0.137. The SMILES string of the molecule is CCCc1ccc2c(OCC(=O)Oc3cccc4ccccc34)c3ccccc3c(OCC(=O)Oc3cccc4ccccc34)c2c1. The normalized spacial score (nSPS) is 11.2. The molecule has 0 aromatic heterocycles. The Morgan fingerprint density at radius 3 is 1.47 bits per heavy atom. The predicted molar refractivity (Wildman–Crippen MR) is 186 cm³/mol. The summed E-state index contributed by atoms with van der Waals surface area (Å²) in [5.41, 5.74) is 1.12. The summed E-state index contributed by atoms with van der Waals surface area (Å²) >= 11 is 0. The molecule has 0 bridgehead atoms. The molecule has 6 nitrogen and oxygen atoms in total. The third-order valence-electron chi connectivity index (χ3n) is 8.14. The molecule has 0 aliphatic rings. The van der Waals surface area contributed by atoms with E-state index in [9.17, 15) is 9.59 Å². The van der Waals surface area contributed by atoms with Crippen LogP contribution in [-0.4, -0.2) is 25.2 Å². The van der Waals surface area contributed by atoms with Gasteiger partial charge in [-0.05, 0) is 41.0 Å². The zero-order chi connectivity index (χ0) is 32.2. The van der Waals surface area contributed by atoms with Crippen molar-refractivity contribution in [1.82, 2.24) is 0 Å². The van der Waals surface area contributed by atoms with E-state index in [0.717, 1.165) is 61.5 Å². The summed E-state index contributed by atoms with van der Waals surface area (Å²) in [7, 11) is 0. The number of aryl methyl sites for hydroxylation is 1. The maximum absolute atomic E-state index is 13.1. The van der Waals surface area contributed by atoms with Crippen molar-refractivity contribution in [3.8, 4) is 23.0 Å². The van der Waals surface area contributed by atoms with Crippen molar-refractivity contribution in [3.05, 3.63) is 133 Å². The Morgan fingerprint density at radius 2 is 0.936 bits per heavy atom. The highest BCUT2D eigenvalue weighted by atomic mass is 16.6. The average Bonchev–Trinajstić information content (AvgIpc) is 3.10. The van der Waals surface area contributed by atoms with Crippen molar-refractivity contribution >= 4 is 55.0 Å². The lowest BCUT2D eigenvalue weighted by atomic mass is 9.97. The first-order chi connectivity index (χ1) is 23.1. The largest absolute Gasteiger partial charge is 0.481 e. The summed E-state index contributed by atoms with van der Waals surface area (Å²) in [6, 6.07) is 40.5. The Hall–Kier alpha value is -5.88. The quantitative estimate of drug-likeness (QED) is 0.0863. The van der Waals surface area contributed by atoms with Crippen LogP contribution in [0.3, 0.4) is 0 Å². The number of hydrogen-bond donors (Lipinski definition) is 0. The molecule has 0 aliphatic carbocycles. The monoisotopic (exact) mass is 620 g/mol. The van der Waals surface area contributed by atoms with Gasteiger partial charge in [0.25, 0.3) is 0 Å². The molecule has 0 saturated heterocycles. The molecule has 47 heavy (non-hydrogen) atoms. The molecular formula is C41H32O6. The van der Waals surface area contributed by atoms with Gasteiger partial charge in [-0.1, -0.05) is 123 Å². The van der Waals surface area contributed by atoms with Crippen LogP contribution in [-0.2, 0) is 16.0 Å². The summed E-state index contributed by atoms with van der Waals surface area (Å²) in [5, 5.41) is 6.71. The van der Waals surface area contributed by atoms with Gasteiger partial charge in [-0.3, -0.25) is 0 Å². The number of carbonyl (C=O) groups is 2. The summed E-state index contributed by atoms with van der Waals surface area (Å²) in [5.74, 6) is 1.02. The maximum atomic E-state index is 13.1. The predicted octanol–water partition coefficient (Wildman–Crippen LogP) is 9.22. The van der Waals surface area contributed by atoms with Crippen LogP contribution < -0.4 is 18.9 Å². The van der Waals surface area contributed by atoms with Crippen molar-refractivity contribution in [2.75, 3.05) is 13.2 Å². The molecule has 7 rings (SSSR count). The molecule has 0 fully saturated rings. The van der Waals surface area contributed by atoms with E-state index in [4.69, 9.17) is 18.9 Å². The van der Waals surface area contributed by atoms with E-state index in [1.165, 1.54) is 0 Å². The summed E-state index contributed by atoms with van der Waals surface area (Å²) in [6.07, 6.45) is 1.84. The van der Waals surface area contributed by atoms with Crippen molar-refractivity contribution in [2.45, 2.75) is 19.8 Å². The molecular weight excluding hydrogens is 588 g/mol. The van der Waals surface area contributed by atoms with Crippen LogP contribution in [0, 0.1) is 0 Å². The second-order valence-electron chi connectivity index (χ2n) is 11.3. The molecule has 0 unspecified atom stereocenters. The van der Waals surface area contributed by atoms with Gasteiger partial charge in [0.1, 0.15) is 23.0 Å². The maximum Gasteiger partial charge on any atom is 0.349 e. The standard InChI is InChI=1S/C41H32O6/c1-2-11-27-22-23-34-35(24-27)41(45-26-39(43)47-37-21-10-15-29-13-4-6-17-31(29)37)33-19-8-7-18-32(33)40(34)44-25-38(42)46-36-20-9-14-28-12-3-5-16-30(28)36/h3-10,12-24H,2,11,25-26H2,1H3. The molecule has 0 atom stereocenters. The van der Waals surface area contributed by atoms with Gasteiger partial charge in [0.2, 0.25) is 0 Å². The molecule has 0 saturated carbocycles. The van der Waals surface area contributed by atoms with Crippen molar-refractivity contribution in [3.63, 3.8) is 0 Å². The Morgan fingerprint density at radius 1 is 0.489 bits per heavy atom. The van der Waals surface area contributed by atoms with E-state index >= 15 is 0 Å². The number of carbonyl (C=O) groups excluding carboxylic acids is 2. The second kappa shape index (κ2) is 13.2. The molecule has 0 N–H and O–H groups in total. The zero-order valence-electron chi connectivity index (χ0n) is 25.9. The highest BCUT2D eigenvalue weighted by molar-refractivity contribution is 6.11. The minimum atomic E-state index is -0.516. The summed E-state index contributed by atoms with van der Waals surface area (Å²) in [6.45, 7) is 1.54.